The van der Waals surface area contributed by atoms with Gasteiger partial charge in [0.25, 0.3) is 0 Å². The second kappa shape index (κ2) is 9.94. The fourth-order valence-corrected chi connectivity index (χ4v) is 5.61. The van der Waals surface area contributed by atoms with Gasteiger partial charge in [-0.15, -0.1) is 0 Å². The van der Waals surface area contributed by atoms with Gasteiger partial charge in [-0.2, -0.15) is 71.1 Å². The summed E-state index contributed by atoms with van der Waals surface area (Å²) in [4.78, 5) is 29.5. The highest BCUT2D eigenvalue weighted by molar-refractivity contribution is 5.91. The molecule has 1 N–H and O–H groups in total. The van der Waals surface area contributed by atoms with Crippen LogP contribution in [0.25, 0.3) is 16.6 Å². The smallest absolute Gasteiger partial charge is 0.460 e. The van der Waals surface area contributed by atoms with Crippen molar-refractivity contribution >= 4 is 16.8 Å². The molecule has 1 fully saturated rings. The number of nitriles is 1. The van der Waals surface area contributed by atoms with Crippen LogP contribution < -0.4 is 5.69 Å². The predicted octanol–water partition coefficient (Wildman–Crippen LogP) is 5.97. The van der Waals surface area contributed by atoms with Crippen molar-refractivity contribution in [2.24, 2.45) is 0 Å². The normalized spacial score (nSPS) is 19.2. The number of carbonyl (C=O) groups excluding carboxylic acids is 1. The maximum atomic E-state index is 14.8. The highest BCUT2D eigenvalue weighted by Gasteiger charge is 2.94. The Hall–Kier alpha value is -4.65. The molecule has 0 radical (unpaired) electrons. The first-order valence-corrected chi connectivity index (χ1v) is 12.7. The van der Waals surface area contributed by atoms with Gasteiger partial charge in [0, 0.05) is 18.1 Å². The fourth-order valence-electron chi connectivity index (χ4n) is 5.61. The van der Waals surface area contributed by atoms with Crippen molar-refractivity contribution in [3.05, 3.63) is 52.2 Å². The van der Waals surface area contributed by atoms with Crippen molar-refractivity contribution in [1.82, 2.24) is 19.0 Å². The predicted molar refractivity (Wildman–Crippen MR) is 126 cm³/mol. The van der Waals surface area contributed by atoms with E-state index in [1.807, 2.05) is 0 Å². The van der Waals surface area contributed by atoms with Crippen LogP contribution in [0.3, 0.4) is 0 Å². The van der Waals surface area contributed by atoms with Gasteiger partial charge in [-0.05, 0) is 30.7 Å². The van der Waals surface area contributed by atoms with E-state index < -0.39 is 94.8 Å². The second-order valence-corrected chi connectivity index (χ2v) is 10.6. The minimum atomic E-state index is -8.56. The minimum absolute atomic E-state index is 0.00638. The molecule has 1 saturated heterocycles. The van der Waals surface area contributed by atoms with Crippen molar-refractivity contribution < 1.29 is 75.8 Å². The lowest BCUT2D eigenvalue weighted by molar-refractivity contribution is -0.450. The van der Waals surface area contributed by atoms with Gasteiger partial charge in [0.1, 0.15) is 11.8 Å². The third kappa shape index (κ3) is 4.02. The summed E-state index contributed by atoms with van der Waals surface area (Å²) >= 11 is 0. The first-order valence-electron chi connectivity index (χ1n) is 12.7. The van der Waals surface area contributed by atoms with Crippen LogP contribution in [0, 0.1) is 11.3 Å². The lowest BCUT2D eigenvalue weighted by Crippen LogP contribution is -2.74. The standard InChI is InChI=1S/C25H12F15N5O3/c26-19(27,20(28,29)21(30,31)22(32,33)23(34,35)24(36,37)25(38,39)40)17(47)43-8-10-6-13(43)15-16(46)45(18(48)44(10)15)12-4-3-9(7-41)14-11(12)2-1-5-42-14/h1-5,10,13,46H,6,8H2. The lowest BCUT2D eigenvalue weighted by atomic mass is 9.90. The summed E-state index contributed by atoms with van der Waals surface area (Å²) in [6.45, 7) is -1.24. The van der Waals surface area contributed by atoms with E-state index in [2.05, 4.69) is 4.98 Å². The molecule has 23 heteroatoms. The molecule has 2 atom stereocenters. The molecule has 0 saturated carbocycles. The third-order valence-electron chi connectivity index (χ3n) is 8.02. The number of carbonyl (C=O) groups is 1. The number of aromatic hydroxyl groups is 1. The van der Waals surface area contributed by atoms with Gasteiger partial charge >= 0.3 is 53.3 Å². The molecule has 2 aliphatic heterocycles. The SMILES string of the molecule is N#Cc1ccc(-n2c(O)c3n(c2=O)C2CC3N(C(=O)C(F)(F)C(F)(F)C(F)(F)C(F)(F)C(F)(F)C(F)(F)C(F)(F)F)C2)c2cccnc12. The number of rotatable bonds is 7. The maximum Gasteiger partial charge on any atom is 0.460 e. The number of imidazole rings is 1. The van der Waals surface area contributed by atoms with E-state index in [1.165, 1.54) is 18.3 Å². The molecule has 48 heavy (non-hydrogen) atoms. The molecule has 8 nitrogen and oxygen atoms in total. The molecule has 5 rings (SSSR count). The van der Waals surface area contributed by atoms with Crippen molar-refractivity contribution in [3.63, 3.8) is 0 Å². The zero-order valence-electron chi connectivity index (χ0n) is 22.6. The molecule has 1 aromatic carbocycles. The van der Waals surface area contributed by atoms with Gasteiger partial charge in [-0.1, -0.05) is 0 Å². The summed E-state index contributed by atoms with van der Waals surface area (Å²) in [7, 11) is 0. The summed E-state index contributed by atoms with van der Waals surface area (Å²) in [5.41, 5.74) is -2.15. The number of nitrogens with zero attached hydrogens (tertiary/aromatic N) is 5. The Balaban J connectivity index is 1.54. The summed E-state index contributed by atoms with van der Waals surface area (Å²) in [5.74, 6) is -53.6. The fraction of sp³-hybridized carbons (Fsp3) is 0.440. The van der Waals surface area contributed by atoms with Gasteiger partial charge in [0.2, 0.25) is 5.88 Å². The Morgan fingerprint density at radius 3 is 1.98 bits per heavy atom. The molecule has 2 aliphatic rings. The Labute approximate surface area is 254 Å². The Morgan fingerprint density at radius 1 is 0.854 bits per heavy atom. The molecule has 1 amide bonds. The Morgan fingerprint density at radius 2 is 1.42 bits per heavy atom. The molecule has 2 unspecified atom stereocenters. The second-order valence-electron chi connectivity index (χ2n) is 10.6. The van der Waals surface area contributed by atoms with E-state index in [0.29, 0.717) is 9.13 Å². The Kier molecular flexibility index (Phi) is 7.18. The zero-order valence-corrected chi connectivity index (χ0v) is 22.6. The van der Waals surface area contributed by atoms with E-state index in [0.717, 1.165) is 12.1 Å². The molecular weight excluding hydrogens is 703 g/mol. The van der Waals surface area contributed by atoms with E-state index in [-0.39, 0.29) is 22.2 Å². The number of hydrogen-bond acceptors (Lipinski definition) is 5. The summed E-state index contributed by atoms with van der Waals surface area (Å²) in [6, 6.07) is 3.17. The van der Waals surface area contributed by atoms with Gasteiger partial charge in [0.15, 0.2) is 0 Å². The highest BCUT2D eigenvalue weighted by Crippen LogP contribution is 2.63. The number of likely N-dealkylation sites (tertiary alicyclic amines) is 1. The van der Waals surface area contributed by atoms with Gasteiger partial charge < -0.3 is 10.0 Å². The van der Waals surface area contributed by atoms with Crippen molar-refractivity contribution in [2.75, 3.05) is 6.54 Å². The van der Waals surface area contributed by atoms with E-state index in [1.54, 1.807) is 6.07 Å². The maximum absolute atomic E-state index is 14.8. The van der Waals surface area contributed by atoms with Crippen molar-refractivity contribution in [2.45, 2.75) is 60.2 Å². The van der Waals surface area contributed by atoms with Crippen LogP contribution in [0.2, 0.25) is 0 Å². The number of alkyl halides is 15. The third-order valence-corrected chi connectivity index (χ3v) is 8.02. The van der Waals surface area contributed by atoms with Crippen LogP contribution in [0.5, 0.6) is 5.88 Å². The number of hydrogen-bond donors (Lipinski definition) is 1. The highest BCUT2D eigenvalue weighted by atomic mass is 19.4. The summed E-state index contributed by atoms with van der Waals surface area (Å²) in [6.07, 6.45) is -7.19. The molecule has 0 aliphatic carbocycles. The number of pyridine rings is 1. The number of fused-ring (bicyclic) bond motifs is 6. The first-order chi connectivity index (χ1) is 21.7. The van der Waals surface area contributed by atoms with Crippen LogP contribution in [-0.2, 0) is 4.79 Å². The van der Waals surface area contributed by atoms with Crippen molar-refractivity contribution in [1.29, 1.82) is 5.26 Å². The van der Waals surface area contributed by atoms with Crippen LogP contribution in [-0.4, -0.2) is 78.3 Å². The van der Waals surface area contributed by atoms with E-state index in [9.17, 15) is 85.8 Å². The van der Waals surface area contributed by atoms with Crippen LogP contribution >= 0.6 is 0 Å². The van der Waals surface area contributed by atoms with Gasteiger partial charge in [0.05, 0.1) is 28.9 Å². The average molecular weight is 715 g/mol. The first kappa shape index (κ1) is 34.7. The quantitative estimate of drug-likeness (QED) is 0.304. The molecule has 0 spiro atoms. The molecule has 3 aromatic rings. The van der Waals surface area contributed by atoms with Gasteiger partial charge in [-0.25, -0.2) is 9.36 Å². The number of amides is 1. The van der Waals surface area contributed by atoms with Crippen LogP contribution in [0.1, 0.15) is 29.8 Å². The van der Waals surface area contributed by atoms with E-state index in [4.69, 9.17) is 0 Å². The van der Waals surface area contributed by atoms with E-state index >= 15 is 0 Å². The average Bonchev–Trinajstić information content (AvgIpc) is 3.66. The van der Waals surface area contributed by atoms with Crippen molar-refractivity contribution in [3.8, 4) is 17.6 Å². The summed E-state index contributed by atoms with van der Waals surface area (Å²) in [5, 5.41) is 20.3. The number of halogens is 15. The molecular formula is C25H12F15N5O3. The molecule has 260 valence electrons. The zero-order chi connectivity index (χ0) is 36.4. The lowest BCUT2D eigenvalue weighted by Gasteiger charge is -2.42. The van der Waals surface area contributed by atoms with Gasteiger partial charge in [-0.3, -0.25) is 14.3 Å². The van der Waals surface area contributed by atoms with Crippen LogP contribution in [0.4, 0.5) is 65.9 Å². The molecule has 2 aromatic heterocycles. The largest absolute Gasteiger partial charge is 0.493 e. The molecule has 4 heterocycles. The molecule has 2 bridgehead atoms. The monoisotopic (exact) mass is 715 g/mol. The van der Waals surface area contributed by atoms with Crippen LogP contribution in [0.15, 0.2) is 35.3 Å². The Bertz CT molecular complexity index is 1940. The topological polar surface area (TPSA) is 104 Å². The summed E-state index contributed by atoms with van der Waals surface area (Å²) < 4.78 is 206. The number of aromatic nitrogens is 3. The minimum Gasteiger partial charge on any atom is -0.493 e. The number of benzene rings is 1.